The second-order valence-electron chi connectivity index (χ2n) is 11.0. The summed E-state index contributed by atoms with van der Waals surface area (Å²) >= 11 is 0. The molecule has 0 amide bonds. The predicted molar refractivity (Wildman–Crippen MR) is 226 cm³/mol. The van der Waals surface area contributed by atoms with E-state index < -0.39 is 26.4 Å². The van der Waals surface area contributed by atoms with Gasteiger partial charge >= 0.3 is 63.7 Å². The van der Waals surface area contributed by atoms with Gasteiger partial charge < -0.3 is 12.0 Å². The molecule has 0 saturated heterocycles. The summed E-state index contributed by atoms with van der Waals surface area (Å²) in [6.07, 6.45) is 2.32. The van der Waals surface area contributed by atoms with E-state index in [-0.39, 0.29) is 76.5 Å². The number of hydrogen-bond donors (Lipinski definition) is 0. The Morgan fingerprint density at radius 2 is 0.667 bits per heavy atom. The average molecular weight is 886 g/mol. The number of halogens is 3. The third-order valence-electron chi connectivity index (χ3n) is 6.20. The third-order valence-corrected chi connectivity index (χ3v) is 9.98. The van der Waals surface area contributed by atoms with Crippen LogP contribution >= 0.6 is 0 Å². The van der Waals surface area contributed by atoms with Crippen molar-refractivity contribution in [3.63, 3.8) is 0 Å². The Hall–Kier alpha value is -1.11. The number of hydrogen-bond acceptors (Lipinski definition) is 4. The topological polar surface area (TPSA) is 74.3 Å². The standard InChI is InChI=1S/C17H21S.C16H18OS.4C2H6.CHF3O3S.CH3.Rb/c1-12-6-13(2)9-16(8-12)18(5)17-10-14(3)7-15(4)11-17;1-11-5-12(2)8-15(7-11)18(17)16-9-13(3)6-14(4)10-16;4*1-2;2-1(3,4)8(5,6)7;;/h6-11H,1-5H3;5-10H,1-4H3;4*1-2H3;(H,5,6,7);1H3;/q+1;;;;;;;-1;+1/p-1. The molecule has 0 fully saturated rings. The second-order valence-corrected chi connectivity index (χ2v) is 15.8. The first kappa shape index (κ1) is 62.1. The van der Waals surface area contributed by atoms with Gasteiger partial charge in [0.1, 0.15) is 6.26 Å². The number of benzene rings is 4. The maximum atomic E-state index is 12.6. The van der Waals surface area contributed by atoms with E-state index in [1.165, 1.54) is 32.0 Å². The van der Waals surface area contributed by atoms with Crippen LogP contribution in [0, 0.1) is 62.8 Å². The molecule has 4 aromatic rings. The van der Waals surface area contributed by atoms with Crippen molar-refractivity contribution < 1.29 is 88.5 Å². The zero-order valence-electron chi connectivity index (χ0n) is 36.4. The molecule has 0 aliphatic rings. The van der Waals surface area contributed by atoms with E-state index >= 15 is 0 Å². The van der Waals surface area contributed by atoms with Crippen LogP contribution in [0.1, 0.15) is 99.9 Å². The molecular formula is C43H66F3O4RbS3. The molecule has 0 unspecified atom stereocenters. The van der Waals surface area contributed by atoms with E-state index in [0.29, 0.717) is 0 Å². The number of aryl methyl sites for hydroxylation is 8. The van der Waals surface area contributed by atoms with Gasteiger partial charge in [-0.1, -0.05) is 79.7 Å². The maximum absolute atomic E-state index is 12.6. The van der Waals surface area contributed by atoms with Gasteiger partial charge in [0.15, 0.2) is 19.9 Å². The Labute approximate surface area is 382 Å². The molecule has 0 radical (unpaired) electrons. The van der Waals surface area contributed by atoms with Gasteiger partial charge in [0.05, 0.1) is 21.7 Å². The van der Waals surface area contributed by atoms with Gasteiger partial charge in [0.25, 0.3) is 0 Å². The quantitative estimate of drug-likeness (QED) is 0.0886. The molecule has 4 rings (SSSR count). The fourth-order valence-corrected chi connectivity index (χ4v) is 7.74. The molecule has 0 atom stereocenters. The molecule has 0 heterocycles. The summed E-state index contributed by atoms with van der Waals surface area (Å²) in [5, 5.41) is 0. The van der Waals surface area contributed by atoms with Crippen LogP contribution in [0.5, 0.6) is 0 Å². The fourth-order valence-electron chi connectivity index (χ4n) is 4.57. The van der Waals surface area contributed by atoms with Crippen molar-refractivity contribution in [3.05, 3.63) is 125 Å². The van der Waals surface area contributed by atoms with Crippen molar-refractivity contribution in [2.75, 3.05) is 6.26 Å². The molecule has 0 aromatic heterocycles. The molecule has 302 valence electrons. The van der Waals surface area contributed by atoms with Crippen LogP contribution in [-0.4, -0.2) is 28.9 Å². The van der Waals surface area contributed by atoms with Crippen LogP contribution in [0.3, 0.4) is 0 Å². The van der Waals surface area contributed by atoms with E-state index in [1.807, 2.05) is 107 Å². The molecule has 4 nitrogen and oxygen atoms in total. The number of rotatable bonds is 4. The Bertz CT molecular complexity index is 1570. The van der Waals surface area contributed by atoms with Crippen LogP contribution in [0.4, 0.5) is 13.2 Å². The second kappa shape index (κ2) is 31.9. The van der Waals surface area contributed by atoms with Crippen LogP contribution in [0.25, 0.3) is 0 Å². The van der Waals surface area contributed by atoms with E-state index in [4.69, 9.17) is 13.0 Å². The zero-order chi connectivity index (χ0) is 41.6. The summed E-state index contributed by atoms with van der Waals surface area (Å²) in [6, 6.07) is 25.9. The van der Waals surface area contributed by atoms with E-state index in [9.17, 15) is 17.4 Å². The Balaban J connectivity index is -0.000000210. The summed E-state index contributed by atoms with van der Waals surface area (Å²) < 4.78 is 71.5. The van der Waals surface area contributed by atoms with Crippen molar-refractivity contribution in [2.45, 2.75) is 136 Å². The maximum Gasteiger partial charge on any atom is 1.00 e. The Morgan fingerprint density at radius 3 is 0.833 bits per heavy atom. The largest absolute Gasteiger partial charge is 1.00 e. The molecule has 54 heavy (non-hydrogen) atoms. The van der Waals surface area contributed by atoms with E-state index in [0.717, 1.165) is 32.0 Å². The minimum atomic E-state index is -6.09. The van der Waals surface area contributed by atoms with Crippen molar-refractivity contribution in [3.8, 4) is 0 Å². The SMILES string of the molecule is CC.CC.CC.CC.Cc1cc(C)cc(S(=O)c2cc(C)cc(C)c2)c1.Cc1cc(C)cc([S+](C)c2cc(C)cc(C)c2)c1.O=S(=O)([O-])C(F)(F)F.[CH3-].[Rb+]. The smallest absolute Gasteiger partial charge is 0.741 e. The van der Waals surface area contributed by atoms with Crippen molar-refractivity contribution in [1.29, 1.82) is 0 Å². The van der Waals surface area contributed by atoms with Crippen LogP contribution < -0.4 is 58.2 Å². The van der Waals surface area contributed by atoms with Gasteiger partial charge in [0, 0.05) is 9.79 Å². The van der Waals surface area contributed by atoms with Crippen LogP contribution in [0.15, 0.2) is 92.4 Å². The molecule has 0 aliphatic heterocycles. The summed E-state index contributed by atoms with van der Waals surface area (Å²) in [4.78, 5) is 4.66. The number of alkyl halides is 3. The van der Waals surface area contributed by atoms with Crippen molar-refractivity contribution in [1.82, 2.24) is 0 Å². The van der Waals surface area contributed by atoms with Gasteiger partial charge in [-0.15, -0.1) is 0 Å². The van der Waals surface area contributed by atoms with Crippen LogP contribution in [-0.2, 0) is 31.8 Å². The normalized spacial score (nSPS) is 9.83. The average Bonchev–Trinajstić information content (AvgIpc) is 3.05. The zero-order valence-corrected chi connectivity index (χ0v) is 43.8. The van der Waals surface area contributed by atoms with Crippen LogP contribution in [0.2, 0.25) is 0 Å². The predicted octanol–water partition coefficient (Wildman–Crippen LogP) is 10.3. The van der Waals surface area contributed by atoms with Gasteiger partial charge in [0.2, 0.25) is 0 Å². The third kappa shape index (κ3) is 24.5. The summed E-state index contributed by atoms with van der Waals surface area (Å²) in [6.45, 7) is 32.9. The minimum Gasteiger partial charge on any atom is -0.741 e. The summed E-state index contributed by atoms with van der Waals surface area (Å²) in [5.41, 5.74) is 4.40. The minimum absolute atomic E-state index is 0. The molecule has 0 aliphatic carbocycles. The molecule has 0 bridgehead atoms. The first-order valence-corrected chi connectivity index (χ1v) is 21.8. The Kier molecular flexibility index (Phi) is 36.7. The van der Waals surface area contributed by atoms with E-state index in [2.05, 4.69) is 82.5 Å². The van der Waals surface area contributed by atoms with Crippen molar-refractivity contribution >= 4 is 31.8 Å². The monoisotopic (exact) mass is 884 g/mol. The molecule has 0 spiro atoms. The van der Waals surface area contributed by atoms with Gasteiger partial charge in [-0.05, 0) is 148 Å². The first-order chi connectivity index (χ1) is 24.2. The van der Waals surface area contributed by atoms with Gasteiger partial charge in [-0.2, -0.15) is 13.2 Å². The Morgan fingerprint density at radius 1 is 0.500 bits per heavy atom. The van der Waals surface area contributed by atoms with Gasteiger partial charge in [-0.3, -0.25) is 0 Å². The van der Waals surface area contributed by atoms with E-state index in [1.54, 1.807) is 0 Å². The van der Waals surface area contributed by atoms with Crippen molar-refractivity contribution in [2.24, 2.45) is 0 Å². The molecule has 4 aromatic carbocycles. The summed E-state index contributed by atoms with van der Waals surface area (Å²) in [5.74, 6) is 0. The fraction of sp³-hybridized carbons (Fsp3) is 0.419. The van der Waals surface area contributed by atoms with Gasteiger partial charge in [-0.25, -0.2) is 12.6 Å². The summed E-state index contributed by atoms with van der Waals surface area (Å²) in [7, 11) is -7.02. The molecule has 0 saturated carbocycles. The molecular weight excluding hydrogens is 819 g/mol. The molecule has 11 heteroatoms. The molecule has 0 N–H and O–H groups in total. The first-order valence-electron chi connectivity index (χ1n) is 17.6.